The Morgan fingerprint density at radius 3 is 2.31 bits per heavy atom. The summed E-state index contributed by atoms with van der Waals surface area (Å²) in [6.07, 6.45) is 0.202. The number of carbonyl (C=O) groups is 1. The molecule has 0 saturated carbocycles. The van der Waals surface area contributed by atoms with Gasteiger partial charge in [-0.15, -0.1) is 0 Å². The van der Waals surface area contributed by atoms with E-state index in [-0.39, 0.29) is 5.91 Å². The molecule has 0 aliphatic carbocycles. The van der Waals surface area contributed by atoms with E-state index >= 15 is 0 Å². The van der Waals surface area contributed by atoms with Crippen molar-refractivity contribution in [2.75, 3.05) is 12.3 Å². The van der Waals surface area contributed by atoms with Crippen LogP contribution < -0.4 is 10.1 Å². The zero-order valence-electron chi connectivity index (χ0n) is 16.2. The van der Waals surface area contributed by atoms with Crippen LogP contribution in [0, 0.1) is 20.8 Å². The fourth-order valence-electron chi connectivity index (χ4n) is 2.72. The highest BCUT2D eigenvalue weighted by Gasteiger charge is 2.18. The summed E-state index contributed by atoms with van der Waals surface area (Å²) in [6.45, 7) is 8.79. The largest absolute Gasteiger partial charge is 0.481 e. The SMILES string of the molecule is CC[C@H](Oc1cc(C)cc(C)c1)C(=O)NCCSCc1ccc(C)cc1. The van der Waals surface area contributed by atoms with Crippen LogP contribution in [0.5, 0.6) is 5.75 Å². The number of benzene rings is 2. The van der Waals surface area contributed by atoms with Gasteiger partial charge in [0, 0.05) is 18.1 Å². The fourth-order valence-corrected chi connectivity index (χ4v) is 3.54. The van der Waals surface area contributed by atoms with E-state index in [4.69, 9.17) is 4.74 Å². The quantitative estimate of drug-likeness (QED) is 0.642. The summed E-state index contributed by atoms with van der Waals surface area (Å²) < 4.78 is 5.91. The lowest BCUT2D eigenvalue weighted by Gasteiger charge is -2.18. The van der Waals surface area contributed by atoms with Crippen LogP contribution in [0.3, 0.4) is 0 Å². The van der Waals surface area contributed by atoms with Crippen LogP contribution in [-0.2, 0) is 10.5 Å². The Bertz CT molecular complexity index is 692. The van der Waals surface area contributed by atoms with Crippen molar-refractivity contribution in [2.45, 2.75) is 46.0 Å². The fraction of sp³-hybridized carbons (Fsp3) is 0.409. The van der Waals surface area contributed by atoms with E-state index in [1.807, 2.05) is 44.7 Å². The lowest BCUT2D eigenvalue weighted by atomic mass is 10.1. The average molecular weight is 372 g/mol. The van der Waals surface area contributed by atoms with E-state index in [1.54, 1.807) is 0 Å². The molecule has 4 heteroatoms. The second kappa shape index (κ2) is 10.3. The van der Waals surface area contributed by atoms with Gasteiger partial charge < -0.3 is 10.1 Å². The van der Waals surface area contributed by atoms with Crippen molar-refractivity contribution in [2.24, 2.45) is 0 Å². The predicted molar refractivity (Wildman–Crippen MR) is 111 cm³/mol. The number of hydrogen-bond donors (Lipinski definition) is 1. The van der Waals surface area contributed by atoms with E-state index in [1.165, 1.54) is 11.1 Å². The first kappa shape index (κ1) is 20.4. The molecule has 0 fully saturated rings. The second-order valence-corrected chi connectivity index (χ2v) is 7.77. The number of ether oxygens (including phenoxy) is 1. The number of carbonyl (C=O) groups excluding carboxylic acids is 1. The summed E-state index contributed by atoms with van der Waals surface area (Å²) in [7, 11) is 0. The summed E-state index contributed by atoms with van der Waals surface area (Å²) >= 11 is 1.83. The third kappa shape index (κ3) is 6.75. The molecule has 26 heavy (non-hydrogen) atoms. The first-order valence-electron chi connectivity index (χ1n) is 9.14. The van der Waals surface area contributed by atoms with Gasteiger partial charge in [-0.2, -0.15) is 11.8 Å². The molecule has 3 nitrogen and oxygen atoms in total. The Morgan fingerprint density at radius 1 is 1.04 bits per heavy atom. The molecule has 140 valence electrons. The van der Waals surface area contributed by atoms with Gasteiger partial charge >= 0.3 is 0 Å². The lowest BCUT2D eigenvalue weighted by Crippen LogP contribution is -2.39. The van der Waals surface area contributed by atoms with Gasteiger partial charge in [-0.3, -0.25) is 4.79 Å². The number of nitrogens with one attached hydrogen (secondary N) is 1. The monoisotopic (exact) mass is 371 g/mol. The zero-order valence-corrected chi connectivity index (χ0v) is 17.0. The Kier molecular flexibility index (Phi) is 8.05. The summed E-state index contributed by atoms with van der Waals surface area (Å²) in [6, 6.07) is 14.6. The van der Waals surface area contributed by atoms with Crippen LogP contribution in [0.4, 0.5) is 0 Å². The maximum Gasteiger partial charge on any atom is 0.261 e. The van der Waals surface area contributed by atoms with Crippen molar-refractivity contribution in [1.82, 2.24) is 5.32 Å². The van der Waals surface area contributed by atoms with Crippen LogP contribution in [0.25, 0.3) is 0 Å². The minimum absolute atomic E-state index is 0.0393. The van der Waals surface area contributed by atoms with E-state index < -0.39 is 6.10 Å². The molecule has 2 aromatic carbocycles. The van der Waals surface area contributed by atoms with Gasteiger partial charge in [0.1, 0.15) is 5.75 Å². The molecule has 0 aliphatic heterocycles. The normalized spacial score (nSPS) is 11.8. The molecule has 2 rings (SSSR count). The van der Waals surface area contributed by atoms with E-state index in [0.717, 1.165) is 28.4 Å². The Hall–Kier alpha value is -1.94. The summed E-state index contributed by atoms with van der Waals surface area (Å²) in [5.41, 5.74) is 4.88. The van der Waals surface area contributed by atoms with Crippen molar-refractivity contribution in [3.05, 3.63) is 64.7 Å². The molecule has 0 saturated heterocycles. The van der Waals surface area contributed by atoms with Gasteiger partial charge in [-0.25, -0.2) is 0 Å². The summed E-state index contributed by atoms with van der Waals surface area (Å²) in [4.78, 5) is 12.4. The topological polar surface area (TPSA) is 38.3 Å². The van der Waals surface area contributed by atoms with Gasteiger partial charge in [0.05, 0.1) is 0 Å². The Labute approximate surface area is 161 Å². The van der Waals surface area contributed by atoms with Gasteiger partial charge in [0.15, 0.2) is 6.10 Å². The minimum Gasteiger partial charge on any atom is -0.481 e. The smallest absolute Gasteiger partial charge is 0.261 e. The summed E-state index contributed by atoms with van der Waals surface area (Å²) in [5, 5.41) is 2.99. The van der Waals surface area contributed by atoms with Crippen molar-refractivity contribution < 1.29 is 9.53 Å². The van der Waals surface area contributed by atoms with Crippen LogP contribution >= 0.6 is 11.8 Å². The molecule has 0 aromatic heterocycles. The van der Waals surface area contributed by atoms with Gasteiger partial charge in [-0.1, -0.05) is 42.8 Å². The standard InChI is InChI=1S/C22H29NO2S/c1-5-21(25-20-13-17(3)12-18(4)14-20)22(24)23-10-11-26-15-19-8-6-16(2)7-9-19/h6-9,12-14,21H,5,10-11,15H2,1-4H3,(H,23,24)/t21-/m0/s1. The van der Waals surface area contributed by atoms with Gasteiger partial charge in [0.25, 0.3) is 5.91 Å². The molecule has 0 unspecified atom stereocenters. The molecular weight excluding hydrogens is 342 g/mol. The van der Waals surface area contributed by atoms with Crippen molar-refractivity contribution in [3.63, 3.8) is 0 Å². The molecule has 2 aromatic rings. The number of amides is 1. The Morgan fingerprint density at radius 2 is 1.69 bits per heavy atom. The molecule has 1 atom stereocenters. The van der Waals surface area contributed by atoms with Crippen LogP contribution in [0.1, 0.15) is 35.6 Å². The third-order valence-corrected chi connectivity index (χ3v) is 5.10. The van der Waals surface area contributed by atoms with Crippen LogP contribution in [0.15, 0.2) is 42.5 Å². The van der Waals surface area contributed by atoms with Crippen LogP contribution in [0.2, 0.25) is 0 Å². The average Bonchev–Trinajstić information content (AvgIpc) is 2.60. The van der Waals surface area contributed by atoms with E-state index in [2.05, 4.69) is 42.6 Å². The number of thioether (sulfide) groups is 1. The van der Waals surface area contributed by atoms with Crippen molar-refractivity contribution in [1.29, 1.82) is 0 Å². The maximum atomic E-state index is 12.4. The maximum absolute atomic E-state index is 12.4. The number of rotatable bonds is 9. The molecular formula is C22H29NO2S. The third-order valence-electron chi connectivity index (χ3n) is 4.07. The first-order valence-corrected chi connectivity index (χ1v) is 10.3. The van der Waals surface area contributed by atoms with Gasteiger partial charge in [0.2, 0.25) is 0 Å². The highest BCUT2D eigenvalue weighted by Crippen LogP contribution is 2.18. The molecule has 0 aliphatic rings. The zero-order chi connectivity index (χ0) is 18.9. The molecule has 1 N–H and O–H groups in total. The first-order chi connectivity index (χ1) is 12.5. The second-order valence-electron chi connectivity index (χ2n) is 6.67. The van der Waals surface area contributed by atoms with E-state index in [0.29, 0.717) is 13.0 Å². The van der Waals surface area contributed by atoms with Crippen molar-refractivity contribution in [3.8, 4) is 5.75 Å². The molecule has 1 amide bonds. The van der Waals surface area contributed by atoms with Crippen LogP contribution in [-0.4, -0.2) is 24.3 Å². The Balaban J connectivity index is 1.73. The molecule has 0 spiro atoms. The summed E-state index contributed by atoms with van der Waals surface area (Å²) in [5.74, 6) is 2.58. The highest BCUT2D eigenvalue weighted by atomic mass is 32.2. The van der Waals surface area contributed by atoms with Crippen molar-refractivity contribution >= 4 is 17.7 Å². The lowest BCUT2D eigenvalue weighted by molar-refractivity contribution is -0.127. The van der Waals surface area contributed by atoms with Gasteiger partial charge in [-0.05, 0) is 56.0 Å². The molecule has 0 radical (unpaired) electrons. The minimum atomic E-state index is -0.446. The number of aryl methyl sites for hydroxylation is 3. The molecule has 0 heterocycles. The van der Waals surface area contributed by atoms with E-state index in [9.17, 15) is 4.79 Å². The highest BCUT2D eigenvalue weighted by molar-refractivity contribution is 7.98. The molecule has 0 bridgehead atoms. The number of hydrogen-bond acceptors (Lipinski definition) is 3. The predicted octanol–water partition coefficient (Wildman–Crippen LogP) is 4.82.